The lowest BCUT2D eigenvalue weighted by Gasteiger charge is -2.19. The van der Waals surface area contributed by atoms with Crippen LogP contribution in [0.1, 0.15) is 29.4 Å². The SMILES string of the molecule is CCN(CCC(=O)O)C(=O)c1cnn(-c2ccccc2Cl)c1C. The van der Waals surface area contributed by atoms with Gasteiger partial charge in [0, 0.05) is 13.1 Å². The monoisotopic (exact) mass is 335 g/mol. The van der Waals surface area contributed by atoms with E-state index in [2.05, 4.69) is 5.10 Å². The third-order valence-corrected chi connectivity index (χ3v) is 3.90. The zero-order chi connectivity index (χ0) is 17.0. The number of halogens is 1. The Hall–Kier alpha value is -2.34. The molecule has 1 amide bonds. The number of amides is 1. The Labute approximate surface area is 139 Å². The lowest BCUT2D eigenvalue weighted by atomic mass is 10.2. The van der Waals surface area contributed by atoms with Crippen LogP contribution in [0.5, 0.6) is 0 Å². The number of carboxylic acids is 1. The third kappa shape index (κ3) is 3.71. The third-order valence-electron chi connectivity index (χ3n) is 3.59. The molecule has 1 N–H and O–H groups in total. The highest BCUT2D eigenvalue weighted by Gasteiger charge is 2.21. The lowest BCUT2D eigenvalue weighted by Crippen LogP contribution is -2.33. The van der Waals surface area contributed by atoms with Crippen LogP contribution < -0.4 is 0 Å². The largest absolute Gasteiger partial charge is 0.481 e. The first-order valence-corrected chi connectivity index (χ1v) is 7.64. The van der Waals surface area contributed by atoms with Crippen LogP contribution >= 0.6 is 11.6 Å². The van der Waals surface area contributed by atoms with Gasteiger partial charge >= 0.3 is 5.97 Å². The van der Waals surface area contributed by atoms with E-state index in [-0.39, 0.29) is 18.9 Å². The van der Waals surface area contributed by atoms with Crippen molar-refractivity contribution < 1.29 is 14.7 Å². The summed E-state index contributed by atoms with van der Waals surface area (Å²) in [5, 5.41) is 13.6. The van der Waals surface area contributed by atoms with E-state index in [4.69, 9.17) is 16.7 Å². The summed E-state index contributed by atoms with van der Waals surface area (Å²) in [5.74, 6) is -1.16. The Morgan fingerprint density at radius 3 is 2.65 bits per heavy atom. The highest BCUT2D eigenvalue weighted by Crippen LogP contribution is 2.22. The molecule has 0 fully saturated rings. The number of aromatic nitrogens is 2. The van der Waals surface area contributed by atoms with Gasteiger partial charge in [-0.1, -0.05) is 23.7 Å². The molecular formula is C16H18ClN3O3. The van der Waals surface area contributed by atoms with Crippen molar-refractivity contribution in [2.45, 2.75) is 20.3 Å². The molecule has 6 nitrogen and oxygen atoms in total. The van der Waals surface area contributed by atoms with Gasteiger partial charge in [-0.2, -0.15) is 5.10 Å². The molecule has 1 heterocycles. The van der Waals surface area contributed by atoms with E-state index in [0.29, 0.717) is 28.5 Å². The van der Waals surface area contributed by atoms with E-state index in [1.807, 2.05) is 25.1 Å². The predicted octanol–water partition coefficient (Wildman–Crippen LogP) is 2.77. The van der Waals surface area contributed by atoms with Crippen molar-refractivity contribution in [2.24, 2.45) is 0 Å². The van der Waals surface area contributed by atoms with E-state index in [0.717, 1.165) is 0 Å². The smallest absolute Gasteiger partial charge is 0.305 e. The quantitative estimate of drug-likeness (QED) is 0.880. The minimum absolute atomic E-state index is 0.0860. The first-order valence-electron chi connectivity index (χ1n) is 7.26. The van der Waals surface area contributed by atoms with Crippen molar-refractivity contribution in [3.05, 3.63) is 46.7 Å². The topological polar surface area (TPSA) is 75.4 Å². The molecule has 0 unspecified atom stereocenters. The Bertz CT molecular complexity index is 727. The Balaban J connectivity index is 2.29. The molecule has 1 aromatic carbocycles. The van der Waals surface area contributed by atoms with Gasteiger partial charge in [-0.25, -0.2) is 4.68 Å². The van der Waals surface area contributed by atoms with Crippen molar-refractivity contribution in [1.29, 1.82) is 0 Å². The molecule has 1 aromatic heterocycles. The molecule has 0 radical (unpaired) electrons. The molecule has 0 spiro atoms. The maximum Gasteiger partial charge on any atom is 0.305 e. The molecular weight excluding hydrogens is 318 g/mol. The average molecular weight is 336 g/mol. The zero-order valence-corrected chi connectivity index (χ0v) is 13.7. The van der Waals surface area contributed by atoms with E-state index < -0.39 is 5.97 Å². The Morgan fingerprint density at radius 1 is 1.35 bits per heavy atom. The number of rotatable bonds is 6. The molecule has 0 atom stereocenters. The summed E-state index contributed by atoms with van der Waals surface area (Å²) in [5.41, 5.74) is 1.80. The number of aliphatic carboxylic acids is 1. The molecule has 2 rings (SSSR count). The normalized spacial score (nSPS) is 10.6. The summed E-state index contributed by atoms with van der Waals surface area (Å²) in [6.45, 7) is 4.20. The molecule has 0 saturated heterocycles. The van der Waals surface area contributed by atoms with Crippen molar-refractivity contribution in [3.8, 4) is 5.69 Å². The average Bonchev–Trinajstić information content (AvgIpc) is 2.89. The van der Waals surface area contributed by atoms with Gasteiger partial charge in [-0.15, -0.1) is 0 Å². The zero-order valence-electron chi connectivity index (χ0n) is 13.0. The Kier molecular flexibility index (Phi) is 5.39. The molecule has 0 bridgehead atoms. The fourth-order valence-electron chi connectivity index (χ4n) is 2.29. The summed E-state index contributed by atoms with van der Waals surface area (Å²) in [6, 6.07) is 7.24. The van der Waals surface area contributed by atoms with Crippen LogP contribution in [0.15, 0.2) is 30.5 Å². The first kappa shape index (κ1) is 17.0. The highest BCUT2D eigenvalue weighted by molar-refractivity contribution is 6.32. The van der Waals surface area contributed by atoms with Crippen molar-refractivity contribution in [2.75, 3.05) is 13.1 Å². The van der Waals surface area contributed by atoms with Gasteiger partial charge in [-0.3, -0.25) is 9.59 Å². The van der Waals surface area contributed by atoms with Gasteiger partial charge in [0.05, 0.1) is 34.6 Å². The van der Waals surface area contributed by atoms with E-state index in [1.165, 1.54) is 11.1 Å². The van der Waals surface area contributed by atoms with Crippen LogP contribution in [0, 0.1) is 6.92 Å². The fraction of sp³-hybridized carbons (Fsp3) is 0.312. The van der Waals surface area contributed by atoms with Crippen LogP contribution in [0.25, 0.3) is 5.69 Å². The second kappa shape index (κ2) is 7.28. The number of hydrogen-bond donors (Lipinski definition) is 1. The number of carbonyl (C=O) groups is 2. The minimum atomic E-state index is -0.931. The first-order chi connectivity index (χ1) is 11.0. The van der Waals surface area contributed by atoms with Gasteiger partial charge in [-0.05, 0) is 26.0 Å². The summed E-state index contributed by atoms with van der Waals surface area (Å²) < 4.78 is 1.61. The fourth-order valence-corrected chi connectivity index (χ4v) is 2.51. The van der Waals surface area contributed by atoms with Gasteiger partial charge in [0.1, 0.15) is 0 Å². The van der Waals surface area contributed by atoms with Gasteiger partial charge in [0.2, 0.25) is 0 Å². The molecule has 0 aliphatic carbocycles. The maximum atomic E-state index is 12.6. The molecule has 0 aliphatic heterocycles. The van der Waals surface area contributed by atoms with Crippen molar-refractivity contribution >= 4 is 23.5 Å². The number of hydrogen-bond acceptors (Lipinski definition) is 3. The van der Waals surface area contributed by atoms with Gasteiger partial charge < -0.3 is 10.0 Å². The molecule has 23 heavy (non-hydrogen) atoms. The number of benzene rings is 1. The summed E-state index contributed by atoms with van der Waals surface area (Å²) in [7, 11) is 0. The van der Waals surface area contributed by atoms with Crippen molar-refractivity contribution in [3.63, 3.8) is 0 Å². The summed E-state index contributed by atoms with van der Waals surface area (Å²) in [6.07, 6.45) is 1.40. The molecule has 0 saturated carbocycles. The van der Waals surface area contributed by atoms with Crippen molar-refractivity contribution in [1.82, 2.24) is 14.7 Å². The van der Waals surface area contributed by atoms with Gasteiger partial charge in [0.25, 0.3) is 5.91 Å². The molecule has 0 aliphatic rings. The van der Waals surface area contributed by atoms with Crippen LogP contribution in [-0.4, -0.2) is 44.8 Å². The second-order valence-electron chi connectivity index (χ2n) is 5.04. The number of carbonyl (C=O) groups excluding carboxylic acids is 1. The van der Waals surface area contributed by atoms with Crippen LogP contribution in [0.3, 0.4) is 0 Å². The molecule has 2 aromatic rings. The number of nitrogens with zero attached hydrogens (tertiary/aromatic N) is 3. The summed E-state index contributed by atoms with van der Waals surface area (Å²) in [4.78, 5) is 24.8. The highest BCUT2D eigenvalue weighted by atomic mass is 35.5. The van der Waals surface area contributed by atoms with Gasteiger partial charge in [0.15, 0.2) is 0 Å². The second-order valence-corrected chi connectivity index (χ2v) is 5.44. The molecule has 7 heteroatoms. The standard InChI is InChI=1S/C16H18ClN3O3/c1-3-19(9-8-15(21)22)16(23)12-10-18-20(11(12)2)14-7-5-4-6-13(14)17/h4-7,10H,3,8-9H2,1-2H3,(H,21,22). The predicted molar refractivity (Wildman–Crippen MR) is 87.1 cm³/mol. The van der Waals surface area contributed by atoms with Crippen LogP contribution in [0.2, 0.25) is 5.02 Å². The maximum absolute atomic E-state index is 12.6. The number of para-hydroxylation sites is 1. The summed E-state index contributed by atoms with van der Waals surface area (Å²) >= 11 is 6.17. The lowest BCUT2D eigenvalue weighted by molar-refractivity contribution is -0.137. The number of carboxylic acid groups (broad SMARTS) is 1. The van der Waals surface area contributed by atoms with E-state index >= 15 is 0 Å². The Morgan fingerprint density at radius 2 is 2.04 bits per heavy atom. The van der Waals surface area contributed by atoms with E-state index in [1.54, 1.807) is 17.7 Å². The van der Waals surface area contributed by atoms with E-state index in [9.17, 15) is 9.59 Å². The molecule has 122 valence electrons. The minimum Gasteiger partial charge on any atom is -0.481 e. The van der Waals surface area contributed by atoms with Crippen LogP contribution in [-0.2, 0) is 4.79 Å². The van der Waals surface area contributed by atoms with Crippen LogP contribution in [0.4, 0.5) is 0 Å².